The summed E-state index contributed by atoms with van der Waals surface area (Å²) in [5, 5.41) is 8.55. The van der Waals surface area contributed by atoms with Gasteiger partial charge in [-0.05, 0) is 11.8 Å². The van der Waals surface area contributed by atoms with Crippen LogP contribution in [0.25, 0.3) is 0 Å². The SMILES string of the molecule is CC(CC(=O)O)C1CN(S(C)(=O)=O)C1. The van der Waals surface area contributed by atoms with Crippen LogP contribution < -0.4 is 0 Å². The summed E-state index contributed by atoms with van der Waals surface area (Å²) in [6, 6.07) is 0. The van der Waals surface area contributed by atoms with E-state index in [0.717, 1.165) is 0 Å². The highest BCUT2D eigenvalue weighted by Gasteiger charge is 2.36. The maximum atomic E-state index is 11.0. The molecule has 1 unspecified atom stereocenters. The van der Waals surface area contributed by atoms with E-state index in [1.54, 1.807) is 0 Å². The zero-order valence-electron chi connectivity index (χ0n) is 8.30. The molecule has 0 aromatic rings. The summed E-state index contributed by atoms with van der Waals surface area (Å²) in [5.74, 6) is -0.582. The Morgan fingerprint density at radius 1 is 1.57 bits per heavy atom. The van der Waals surface area contributed by atoms with Crippen molar-refractivity contribution in [2.45, 2.75) is 13.3 Å². The van der Waals surface area contributed by atoms with Crippen LogP contribution in [0.2, 0.25) is 0 Å². The average Bonchev–Trinajstić information content (AvgIpc) is 1.75. The van der Waals surface area contributed by atoms with Gasteiger partial charge in [-0.1, -0.05) is 6.92 Å². The van der Waals surface area contributed by atoms with Crippen LogP contribution in [0.15, 0.2) is 0 Å². The fourth-order valence-corrected chi connectivity index (χ4v) is 2.47. The molecule has 1 rings (SSSR count). The second kappa shape index (κ2) is 3.86. The van der Waals surface area contributed by atoms with E-state index in [0.29, 0.717) is 13.1 Å². The molecule has 1 aliphatic heterocycles. The highest BCUT2D eigenvalue weighted by atomic mass is 32.2. The van der Waals surface area contributed by atoms with Gasteiger partial charge in [0.05, 0.1) is 6.26 Å². The van der Waals surface area contributed by atoms with Gasteiger partial charge in [-0.3, -0.25) is 4.79 Å². The number of aliphatic carboxylic acids is 1. The van der Waals surface area contributed by atoms with E-state index in [4.69, 9.17) is 5.11 Å². The van der Waals surface area contributed by atoms with E-state index in [1.165, 1.54) is 10.6 Å². The van der Waals surface area contributed by atoms with Crippen molar-refractivity contribution < 1.29 is 18.3 Å². The summed E-state index contributed by atoms with van der Waals surface area (Å²) in [6.07, 6.45) is 1.29. The number of rotatable bonds is 4. The molecule has 0 bridgehead atoms. The molecule has 1 atom stereocenters. The largest absolute Gasteiger partial charge is 0.481 e. The molecular formula is C8H15NO4S. The Hall–Kier alpha value is -0.620. The van der Waals surface area contributed by atoms with Gasteiger partial charge in [0.1, 0.15) is 0 Å². The van der Waals surface area contributed by atoms with E-state index < -0.39 is 16.0 Å². The van der Waals surface area contributed by atoms with Crippen LogP contribution in [0.5, 0.6) is 0 Å². The molecule has 1 aliphatic rings. The first-order valence-electron chi connectivity index (χ1n) is 4.47. The van der Waals surface area contributed by atoms with Crippen LogP contribution in [-0.4, -0.2) is 43.1 Å². The molecule has 0 aliphatic carbocycles. The number of carboxylic acids is 1. The molecule has 1 fully saturated rings. The lowest BCUT2D eigenvalue weighted by atomic mass is 9.87. The molecular weight excluding hydrogens is 206 g/mol. The zero-order valence-corrected chi connectivity index (χ0v) is 9.12. The first-order chi connectivity index (χ1) is 6.30. The fourth-order valence-electron chi connectivity index (χ4n) is 1.54. The van der Waals surface area contributed by atoms with E-state index >= 15 is 0 Å². The summed E-state index contributed by atoms with van der Waals surface area (Å²) < 4.78 is 23.4. The quantitative estimate of drug-likeness (QED) is 0.724. The number of hydrogen-bond acceptors (Lipinski definition) is 3. The van der Waals surface area contributed by atoms with Crippen LogP contribution in [0.4, 0.5) is 0 Å². The molecule has 0 amide bonds. The third kappa shape index (κ3) is 2.68. The number of carbonyl (C=O) groups is 1. The van der Waals surface area contributed by atoms with Gasteiger partial charge >= 0.3 is 5.97 Å². The molecule has 1 saturated heterocycles. The smallest absolute Gasteiger partial charge is 0.303 e. The third-order valence-corrected chi connectivity index (χ3v) is 3.88. The molecule has 0 spiro atoms. The highest BCUT2D eigenvalue weighted by molar-refractivity contribution is 7.88. The van der Waals surface area contributed by atoms with Gasteiger partial charge in [0.2, 0.25) is 10.0 Å². The van der Waals surface area contributed by atoms with Gasteiger partial charge in [0, 0.05) is 19.5 Å². The molecule has 1 heterocycles. The van der Waals surface area contributed by atoms with Crippen molar-refractivity contribution in [1.82, 2.24) is 4.31 Å². The summed E-state index contributed by atoms with van der Waals surface area (Å²) in [6.45, 7) is 2.78. The van der Waals surface area contributed by atoms with Crippen LogP contribution in [-0.2, 0) is 14.8 Å². The Balaban J connectivity index is 2.38. The Bertz CT molecular complexity index is 318. The van der Waals surface area contributed by atoms with Gasteiger partial charge in [-0.15, -0.1) is 0 Å². The lowest BCUT2D eigenvalue weighted by Crippen LogP contribution is -2.51. The van der Waals surface area contributed by atoms with Crippen molar-refractivity contribution in [1.29, 1.82) is 0 Å². The molecule has 0 saturated carbocycles. The van der Waals surface area contributed by atoms with Crippen molar-refractivity contribution in [3.8, 4) is 0 Å². The molecule has 82 valence electrons. The van der Waals surface area contributed by atoms with E-state index in [-0.39, 0.29) is 18.3 Å². The highest BCUT2D eigenvalue weighted by Crippen LogP contribution is 2.27. The second-order valence-corrected chi connectivity index (χ2v) is 5.90. The van der Waals surface area contributed by atoms with Gasteiger partial charge in [-0.25, -0.2) is 12.7 Å². The molecule has 14 heavy (non-hydrogen) atoms. The summed E-state index contributed by atoms with van der Waals surface area (Å²) >= 11 is 0. The summed E-state index contributed by atoms with van der Waals surface area (Å²) in [5.41, 5.74) is 0. The van der Waals surface area contributed by atoms with Crippen molar-refractivity contribution in [2.24, 2.45) is 11.8 Å². The van der Waals surface area contributed by atoms with E-state index in [9.17, 15) is 13.2 Å². The number of nitrogens with zero attached hydrogens (tertiary/aromatic N) is 1. The Kier molecular flexibility index (Phi) is 3.16. The monoisotopic (exact) mass is 221 g/mol. The molecule has 1 N–H and O–H groups in total. The van der Waals surface area contributed by atoms with Crippen LogP contribution in [0, 0.1) is 11.8 Å². The molecule has 6 heteroatoms. The average molecular weight is 221 g/mol. The number of hydrogen-bond donors (Lipinski definition) is 1. The molecule has 0 radical (unpaired) electrons. The van der Waals surface area contributed by atoms with Gasteiger partial charge in [0.25, 0.3) is 0 Å². The predicted octanol–water partition coefficient (Wildman–Crippen LogP) is -0.0114. The third-order valence-electron chi connectivity index (χ3n) is 2.65. The van der Waals surface area contributed by atoms with Crippen LogP contribution in [0.1, 0.15) is 13.3 Å². The number of carboxylic acid groups (broad SMARTS) is 1. The number of sulfonamides is 1. The normalized spacial score (nSPS) is 21.6. The van der Waals surface area contributed by atoms with Crippen LogP contribution in [0.3, 0.4) is 0 Å². The summed E-state index contributed by atoms with van der Waals surface area (Å²) in [7, 11) is -3.08. The Morgan fingerprint density at radius 2 is 2.07 bits per heavy atom. The zero-order chi connectivity index (χ0) is 10.9. The lowest BCUT2D eigenvalue weighted by molar-refractivity contribution is -0.138. The van der Waals surface area contributed by atoms with Crippen molar-refractivity contribution in [3.63, 3.8) is 0 Å². The minimum absolute atomic E-state index is 0.0468. The minimum atomic E-state index is -3.08. The van der Waals surface area contributed by atoms with Gasteiger partial charge < -0.3 is 5.11 Å². The maximum absolute atomic E-state index is 11.0. The Morgan fingerprint density at radius 3 is 2.43 bits per heavy atom. The summed E-state index contributed by atoms with van der Waals surface area (Å²) in [4.78, 5) is 10.4. The molecule has 5 nitrogen and oxygen atoms in total. The van der Waals surface area contributed by atoms with Crippen molar-refractivity contribution >= 4 is 16.0 Å². The predicted molar refractivity (Wildman–Crippen MR) is 51.3 cm³/mol. The minimum Gasteiger partial charge on any atom is -0.481 e. The standard InChI is InChI=1S/C8H15NO4S/c1-6(3-8(10)11)7-4-9(5-7)14(2,12)13/h6-7H,3-5H2,1-2H3,(H,10,11). The molecule has 0 aromatic heterocycles. The van der Waals surface area contributed by atoms with Gasteiger partial charge in [0.15, 0.2) is 0 Å². The van der Waals surface area contributed by atoms with Crippen LogP contribution >= 0.6 is 0 Å². The fraction of sp³-hybridized carbons (Fsp3) is 0.875. The first-order valence-corrected chi connectivity index (χ1v) is 6.32. The van der Waals surface area contributed by atoms with Crippen molar-refractivity contribution in [3.05, 3.63) is 0 Å². The van der Waals surface area contributed by atoms with E-state index in [2.05, 4.69) is 0 Å². The molecule has 0 aromatic carbocycles. The topological polar surface area (TPSA) is 74.7 Å². The lowest BCUT2D eigenvalue weighted by Gasteiger charge is -2.40. The Labute approximate surface area is 83.8 Å². The maximum Gasteiger partial charge on any atom is 0.303 e. The van der Waals surface area contributed by atoms with Gasteiger partial charge in [-0.2, -0.15) is 0 Å². The van der Waals surface area contributed by atoms with Crippen molar-refractivity contribution in [2.75, 3.05) is 19.3 Å². The second-order valence-electron chi connectivity index (χ2n) is 3.92. The first kappa shape index (κ1) is 11.5. The van der Waals surface area contributed by atoms with E-state index in [1.807, 2.05) is 6.92 Å².